The van der Waals surface area contributed by atoms with E-state index in [-0.39, 0.29) is 5.71 Å². The van der Waals surface area contributed by atoms with E-state index in [1.807, 2.05) is 6.92 Å². The maximum absolute atomic E-state index is 12.4. The lowest BCUT2D eigenvalue weighted by Gasteiger charge is -2.09. The van der Waals surface area contributed by atoms with Crippen LogP contribution in [-0.2, 0) is 6.18 Å². The number of hydrogen-bond donors (Lipinski definition) is 1. The van der Waals surface area contributed by atoms with Gasteiger partial charge < -0.3 is 5.41 Å². The number of nitrogens with one attached hydrogen (secondary N) is 1. The van der Waals surface area contributed by atoms with Gasteiger partial charge >= 0.3 is 6.18 Å². The molecule has 0 unspecified atom stereocenters. The molecule has 0 radical (unpaired) electrons. The van der Waals surface area contributed by atoms with Gasteiger partial charge in [-0.2, -0.15) is 13.2 Å². The third kappa shape index (κ3) is 3.36. The molecule has 0 amide bonds. The molecule has 0 saturated heterocycles. The Bertz CT molecular complexity index is 369. The molecule has 16 heavy (non-hydrogen) atoms. The summed E-state index contributed by atoms with van der Waals surface area (Å²) in [5, 5.41) is 7.67. The Morgan fingerprint density at radius 1 is 1.31 bits per heavy atom. The van der Waals surface area contributed by atoms with E-state index in [0.29, 0.717) is 12.0 Å². The second-order valence-corrected chi connectivity index (χ2v) is 3.66. The molecule has 1 N–H and O–H groups in total. The van der Waals surface area contributed by atoms with E-state index < -0.39 is 11.7 Å². The fourth-order valence-corrected chi connectivity index (χ4v) is 1.38. The number of benzene rings is 1. The van der Waals surface area contributed by atoms with Gasteiger partial charge in [0.25, 0.3) is 0 Å². The zero-order valence-corrected chi connectivity index (χ0v) is 9.06. The SMILES string of the molecule is CCCCC(=N)c1cccc(C(F)(F)F)c1. The van der Waals surface area contributed by atoms with Crippen LogP contribution in [0.25, 0.3) is 0 Å². The topological polar surface area (TPSA) is 23.9 Å². The van der Waals surface area contributed by atoms with Gasteiger partial charge in [0.1, 0.15) is 0 Å². The maximum atomic E-state index is 12.4. The quantitative estimate of drug-likeness (QED) is 0.746. The van der Waals surface area contributed by atoms with E-state index in [1.165, 1.54) is 6.07 Å². The van der Waals surface area contributed by atoms with Crippen LogP contribution < -0.4 is 0 Å². The Morgan fingerprint density at radius 3 is 2.56 bits per heavy atom. The summed E-state index contributed by atoms with van der Waals surface area (Å²) >= 11 is 0. The molecule has 0 heterocycles. The first-order valence-electron chi connectivity index (χ1n) is 5.20. The summed E-state index contributed by atoms with van der Waals surface area (Å²) < 4.78 is 37.2. The Hall–Kier alpha value is -1.32. The van der Waals surface area contributed by atoms with E-state index in [2.05, 4.69) is 0 Å². The normalized spacial score (nSPS) is 11.5. The standard InChI is InChI=1S/C12H14F3N/c1-2-3-7-11(16)9-5-4-6-10(8-9)12(13,14)15/h4-6,8,16H,2-3,7H2,1H3. The van der Waals surface area contributed by atoms with Gasteiger partial charge in [-0.1, -0.05) is 25.5 Å². The number of halogens is 3. The summed E-state index contributed by atoms with van der Waals surface area (Å²) in [5.74, 6) is 0. The molecule has 0 aliphatic rings. The van der Waals surface area contributed by atoms with Crippen LogP contribution in [0.5, 0.6) is 0 Å². The molecule has 0 atom stereocenters. The molecule has 0 aliphatic carbocycles. The number of unbranched alkanes of at least 4 members (excludes halogenated alkanes) is 1. The Morgan fingerprint density at radius 2 is 2.00 bits per heavy atom. The Kier molecular flexibility index (Phi) is 4.10. The molecule has 0 fully saturated rings. The first-order chi connectivity index (χ1) is 7.45. The highest BCUT2D eigenvalue weighted by atomic mass is 19.4. The maximum Gasteiger partial charge on any atom is 0.416 e. The molecule has 0 spiro atoms. The van der Waals surface area contributed by atoms with Gasteiger partial charge in [-0.25, -0.2) is 0 Å². The zero-order valence-electron chi connectivity index (χ0n) is 9.06. The first-order valence-corrected chi connectivity index (χ1v) is 5.20. The van der Waals surface area contributed by atoms with Crippen LogP contribution in [0.1, 0.15) is 37.3 Å². The predicted molar refractivity (Wildman–Crippen MR) is 57.8 cm³/mol. The van der Waals surface area contributed by atoms with Crippen molar-refractivity contribution < 1.29 is 13.2 Å². The molecule has 0 aliphatic heterocycles. The van der Waals surface area contributed by atoms with Gasteiger partial charge in [0.2, 0.25) is 0 Å². The van der Waals surface area contributed by atoms with Crippen LogP contribution in [-0.4, -0.2) is 5.71 Å². The summed E-state index contributed by atoms with van der Waals surface area (Å²) in [6, 6.07) is 4.96. The highest BCUT2D eigenvalue weighted by molar-refractivity contribution is 5.98. The first kappa shape index (κ1) is 12.7. The molecule has 1 rings (SSSR count). The second-order valence-electron chi connectivity index (χ2n) is 3.66. The lowest BCUT2D eigenvalue weighted by atomic mass is 10.0. The van der Waals surface area contributed by atoms with E-state index in [0.717, 1.165) is 25.0 Å². The van der Waals surface area contributed by atoms with Crippen molar-refractivity contribution in [3.8, 4) is 0 Å². The van der Waals surface area contributed by atoms with Crippen molar-refractivity contribution in [2.75, 3.05) is 0 Å². The Balaban J connectivity index is 2.86. The lowest BCUT2D eigenvalue weighted by Crippen LogP contribution is -2.07. The molecule has 0 aromatic heterocycles. The predicted octanol–water partition coefficient (Wildman–Crippen LogP) is 4.26. The smallest absolute Gasteiger partial charge is 0.305 e. The lowest BCUT2D eigenvalue weighted by molar-refractivity contribution is -0.137. The van der Waals surface area contributed by atoms with E-state index in [4.69, 9.17) is 5.41 Å². The summed E-state index contributed by atoms with van der Waals surface area (Å²) in [7, 11) is 0. The second kappa shape index (κ2) is 5.14. The zero-order chi connectivity index (χ0) is 12.2. The van der Waals surface area contributed by atoms with Crippen LogP contribution in [0.15, 0.2) is 24.3 Å². The van der Waals surface area contributed by atoms with Crippen molar-refractivity contribution in [1.82, 2.24) is 0 Å². The monoisotopic (exact) mass is 229 g/mol. The molecule has 1 aromatic carbocycles. The highest BCUT2D eigenvalue weighted by Gasteiger charge is 2.30. The number of hydrogen-bond acceptors (Lipinski definition) is 1. The number of rotatable bonds is 4. The average molecular weight is 229 g/mol. The van der Waals surface area contributed by atoms with Gasteiger partial charge in [-0.15, -0.1) is 0 Å². The van der Waals surface area contributed by atoms with Crippen LogP contribution in [0, 0.1) is 5.41 Å². The molecule has 0 bridgehead atoms. The number of alkyl halides is 3. The third-order valence-corrected chi connectivity index (χ3v) is 2.32. The van der Waals surface area contributed by atoms with Gasteiger partial charge in [-0.05, 0) is 30.5 Å². The fraction of sp³-hybridized carbons (Fsp3) is 0.417. The van der Waals surface area contributed by atoms with Crippen LogP contribution >= 0.6 is 0 Å². The van der Waals surface area contributed by atoms with Crippen molar-refractivity contribution in [1.29, 1.82) is 5.41 Å². The van der Waals surface area contributed by atoms with Crippen LogP contribution in [0.2, 0.25) is 0 Å². The molecular weight excluding hydrogens is 215 g/mol. The van der Waals surface area contributed by atoms with Crippen LogP contribution in [0.3, 0.4) is 0 Å². The summed E-state index contributed by atoms with van der Waals surface area (Å²) in [4.78, 5) is 0. The average Bonchev–Trinajstić information content (AvgIpc) is 2.25. The molecule has 88 valence electrons. The van der Waals surface area contributed by atoms with Gasteiger partial charge in [-0.3, -0.25) is 0 Å². The van der Waals surface area contributed by atoms with Crippen molar-refractivity contribution in [3.63, 3.8) is 0 Å². The van der Waals surface area contributed by atoms with Gasteiger partial charge in [0.05, 0.1) is 5.56 Å². The molecular formula is C12H14F3N. The van der Waals surface area contributed by atoms with Crippen LogP contribution in [0.4, 0.5) is 13.2 Å². The Labute approximate surface area is 92.8 Å². The largest absolute Gasteiger partial charge is 0.416 e. The summed E-state index contributed by atoms with van der Waals surface area (Å²) in [5.41, 5.74) is -0.0533. The van der Waals surface area contributed by atoms with Gasteiger partial charge in [0, 0.05) is 5.71 Å². The van der Waals surface area contributed by atoms with Crippen molar-refractivity contribution in [2.24, 2.45) is 0 Å². The minimum Gasteiger partial charge on any atom is -0.305 e. The molecule has 1 nitrogen and oxygen atoms in total. The van der Waals surface area contributed by atoms with Crippen molar-refractivity contribution >= 4 is 5.71 Å². The minimum atomic E-state index is -4.33. The van der Waals surface area contributed by atoms with Gasteiger partial charge in [0.15, 0.2) is 0 Å². The van der Waals surface area contributed by atoms with E-state index in [9.17, 15) is 13.2 Å². The fourth-order valence-electron chi connectivity index (χ4n) is 1.38. The van der Waals surface area contributed by atoms with Crippen molar-refractivity contribution in [3.05, 3.63) is 35.4 Å². The molecule has 0 saturated carbocycles. The molecule has 4 heteroatoms. The molecule has 1 aromatic rings. The summed E-state index contributed by atoms with van der Waals surface area (Å²) in [6.07, 6.45) is -2.05. The minimum absolute atomic E-state index is 0.271. The van der Waals surface area contributed by atoms with E-state index in [1.54, 1.807) is 6.07 Å². The van der Waals surface area contributed by atoms with E-state index >= 15 is 0 Å². The summed E-state index contributed by atoms with van der Waals surface area (Å²) in [6.45, 7) is 1.99. The third-order valence-electron chi connectivity index (χ3n) is 2.32. The van der Waals surface area contributed by atoms with Crippen molar-refractivity contribution in [2.45, 2.75) is 32.4 Å². The highest BCUT2D eigenvalue weighted by Crippen LogP contribution is 2.29.